The van der Waals surface area contributed by atoms with Crippen LogP contribution in [0, 0.1) is 0 Å². The van der Waals surface area contributed by atoms with Gasteiger partial charge in [0.05, 0.1) is 0 Å². The van der Waals surface area contributed by atoms with E-state index < -0.39 is 5.69 Å². The molecule has 0 atom stereocenters. The second-order valence-corrected chi connectivity index (χ2v) is 8.92. The number of thioether (sulfide) groups is 1. The molecule has 0 radical (unpaired) electrons. The lowest BCUT2D eigenvalue weighted by atomic mass is 10.0. The molecule has 0 saturated heterocycles. The van der Waals surface area contributed by atoms with Crippen molar-refractivity contribution in [2.75, 3.05) is 0 Å². The van der Waals surface area contributed by atoms with Crippen molar-refractivity contribution in [2.24, 2.45) is 0 Å². The average molecular weight is 432 g/mol. The molecular formula is C20H22ClN5O2S. The molecule has 1 aliphatic carbocycles. The highest BCUT2D eigenvalue weighted by atomic mass is 35.5. The number of rotatable bonds is 6. The van der Waals surface area contributed by atoms with Crippen LogP contribution in [0.3, 0.4) is 0 Å². The molecule has 152 valence electrons. The summed E-state index contributed by atoms with van der Waals surface area (Å²) in [4.78, 5) is 24.9. The molecular weight excluding hydrogens is 410 g/mol. The molecule has 0 bridgehead atoms. The van der Waals surface area contributed by atoms with Gasteiger partial charge in [-0.05, 0) is 42.7 Å². The van der Waals surface area contributed by atoms with Crippen molar-refractivity contribution < 1.29 is 4.79 Å². The number of carbonyl (C=O) groups excluding carboxylic acids is 1. The number of nitrogens with zero attached hydrogens (tertiary/aromatic N) is 4. The first-order chi connectivity index (χ1) is 14.1. The molecule has 1 aliphatic rings. The Hall–Kier alpha value is -2.32. The van der Waals surface area contributed by atoms with Crippen molar-refractivity contribution in [3.8, 4) is 0 Å². The lowest BCUT2D eigenvalue weighted by molar-refractivity contribution is -0.122. The summed E-state index contributed by atoms with van der Waals surface area (Å²) in [5.74, 6) is -0.290. The summed E-state index contributed by atoms with van der Waals surface area (Å²) in [6, 6.07) is 10.9. The Kier molecular flexibility index (Phi) is 6.20. The molecule has 9 heteroatoms. The quantitative estimate of drug-likeness (QED) is 0.647. The number of hydrogen-bond donors (Lipinski definition) is 1. The highest BCUT2D eigenvalue weighted by molar-refractivity contribution is 7.99. The van der Waals surface area contributed by atoms with Crippen LogP contribution in [-0.2, 0) is 17.9 Å². The van der Waals surface area contributed by atoms with E-state index in [-0.39, 0.29) is 12.5 Å². The molecule has 0 unspecified atom stereocenters. The lowest BCUT2D eigenvalue weighted by Gasteiger charge is -2.20. The Labute approximate surface area is 177 Å². The zero-order valence-electron chi connectivity index (χ0n) is 15.9. The Bertz CT molecular complexity index is 1060. The fourth-order valence-electron chi connectivity index (χ4n) is 3.41. The monoisotopic (exact) mass is 431 g/mol. The van der Waals surface area contributed by atoms with E-state index in [0.29, 0.717) is 22.5 Å². The summed E-state index contributed by atoms with van der Waals surface area (Å²) in [5.41, 5.74) is 0.956. The maximum Gasteiger partial charge on any atom is 0.367 e. The van der Waals surface area contributed by atoms with Crippen LogP contribution in [0.2, 0.25) is 5.02 Å². The van der Waals surface area contributed by atoms with Gasteiger partial charge < -0.3 is 5.32 Å². The molecule has 1 saturated carbocycles. The molecule has 3 aromatic rings. The number of aromatic nitrogens is 4. The second kappa shape index (κ2) is 9.00. The van der Waals surface area contributed by atoms with Gasteiger partial charge in [-0.2, -0.15) is 9.61 Å². The van der Waals surface area contributed by atoms with E-state index in [9.17, 15) is 9.59 Å². The van der Waals surface area contributed by atoms with Crippen LogP contribution in [0.4, 0.5) is 0 Å². The van der Waals surface area contributed by atoms with Crippen LogP contribution >= 0.6 is 23.4 Å². The van der Waals surface area contributed by atoms with Crippen LogP contribution in [-0.4, -0.2) is 30.6 Å². The highest BCUT2D eigenvalue weighted by Crippen LogP contribution is 2.32. The van der Waals surface area contributed by atoms with E-state index in [1.165, 1.54) is 36.6 Å². The first-order valence-corrected chi connectivity index (χ1v) is 11.0. The zero-order valence-corrected chi connectivity index (χ0v) is 17.5. The summed E-state index contributed by atoms with van der Waals surface area (Å²) < 4.78 is 2.42. The molecule has 0 aliphatic heterocycles. The van der Waals surface area contributed by atoms with Crippen LogP contribution < -0.4 is 11.0 Å². The van der Waals surface area contributed by atoms with Crippen LogP contribution in [0.1, 0.15) is 37.7 Å². The maximum atomic E-state index is 12.6. The Morgan fingerprint density at radius 3 is 2.62 bits per heavy atom. The summed E-state index contributed by atoms with van der Waals surface area (Å²) in [5, 5.41) is 13.5. The molecule has 2 heterocycles. The van der Waals surface area contributed by atoms with Crippen molar-refractivity contribution in [1.82, 2.24) is 24.7 Å². The van der Waals surface area contributed by atoms with E-state index in [1.54, 1.807) is 30.0 Å². The molecule has 0 spiro atoms. The third-order valence-electron chi connectivity index (χ3n) is 4.95. The first kappa shape index (κ1) is 20.0. The minimum atomic E-state index is -0.410. The minimum Gasteiger partial charge on any atom is -0.350 e. The number of amides is 1. The van der Waals surface area contributed by atoms with Crippen LogP contribution in [0.5, 0.6) is 0 Å². The van der Waals surface area contributed by atoms with Gasteiger partial charge in [-0.1, -0.05) is 43.0 Å². The van der Waals surface area contributed by atoms with E-state index >= 15 is 0 Å². The van der Waals surface area contributed by atoms with Gasteiger partial charge in [-0.3, -0.25) is 4.79 Å². The van der Waals surface area contributed by atoms with E-state index in [4.69, 9.17) is 11.6 Å². The number of benzene rings is 1. The standard InChI is InChI=1S/C20H22ClN5O2S/c21-15-8-6-14(7-9-15)12-22-18(27)13-25-20(28)26-17(23-25)10-11-19(24-26)29-16-4-2-1-3-5-16/h6-11,16H,1-5,12-13H2,(H,22,27). The molecule has 1 amide bonds. The normalized spacial score (nSPS) is 14.9. The van der Waals surface area contributed by atoms with Crippen molar-refractivity contribution >= 4 is 34.9 Å². The maximum absolute atomic E-state index is 12.6. The third kappa shape index (κ3) is 5.00. The number of nitrogens with one attached hydrogen (secondary N) is 1. The summed E-state index contributed by atoms with van der Waals surface area (Å²) in [7, 11) is 0. The van der Waals surface area contributed by atoms with Crippen molar-refractivity contribution in [3.63, 3.8) is 0 Å². The predicted octanol–water partition coefficient (Wildman–Crippen LogP) is 3.29. The Morgan fingerprint density at radius 2 is 1.86 bits per heavy atom. The van der Waals surface area contributed by atoms with Crippen LogP contribution in [0.25, 0.3) is 5.65 Å². The van der Waals surface area contributed by atoms with Gasteiger partial charge in [0, 0.05) is 16.8 Å². The molecule has 1 aromatic carbocycles. The fraction of sp³-hybridized carbons (Fsp3) is 0.400. The summed E-state index contributed by atoms with van der Waals surface area (Å²) in [6.07, 6.45) is 6.18. The van der Waals surface area contributed by atoms with Crippen molar-refractivity contribution in [2.45, 2.75) is 55.5 Å². The number of carbonyl (C=O) groups is 1. The number of hydrogen-bond acceptors (Lipinski definition) is 5. The molecule has 1 N–H and O–H groups in total. The minimum absolute atomic E-state index is 0.152. The number of fused-ring (bicyclic) bond motifs is 1. The summed E-state index contributed by atoms with van der Waals surface area (Å²) >= 11 is 7.58. The second-order valence-electron chi connectivity index (χ2n) is 7.16. The van der Waals surface area contributed by atoms with Gasteiger partial charge in [-0.15, -0.1) is 16.9 Å². The molecule has 4 rings (SSSR count). The zero-order chi connectivity index (χ0) is 20.2. The van der Waals surface area contributed by atoms with Gasteiger partial charge in [0.15, 0.2) is 5.65 Å². The van der Waals surface area contributed by atoms with Gasteiger partial charge in [0.1, 0.15) is 11.6 Å². The van der Waals surface area contributed by atoms with Gasteiger partial charge in [0.2, 0.25) is 5.91 Å². The molecule has 29 heavy (non-hydrogen) atoms. The Morgan fingerprint density at radius 1 is 1.10 bits per heavy atom. The van der Waals surface area contributed by atoms with Gasteiger partial charge >= 0.3 is 5.69 Å². The smallest absolute Gasteiger partial charge is 0.350 e. The van der Waals surface area contributed by atoms with Crippen LogP contribution in [0.15, 0.2) is 46.2 Å². The van der Waals surface area contributed by atoms with Crippen molar-refractivity contribution in [1.29, 1.82) is 0 Å². The largest absolute Gasteiger partial charge is 0.367 e. The first-order valence-electron chi connectivity index (χ1n) is 9.73. The topological polar surface area (TPSA) is 81.3 Å². The lowest BCUT2D eigenvalue weighted by Crippen LogP contribution is -2.32. The SMILES string of the molecule is O=C(Cn1nc2ccc(SC3CCCCC3)nn2c1=O)NCc1ccc(Cl)cc1. The van der Waals surface area contributed by atoms with E-state index in [0.717, 1.165) is 15.3 Å². The summed E-state index contributed by atoms with van der Waals surface area (Å²) in [6.45, 7) is 0.208. The predicted molar refractivity (Wildman–Crippen MR) is 113 cm³/mol. The molecule has 1 fully saturated rings. The van der Waals surface area contributed by atoms with Gasteiger partial charge in [0.25, 0.3) is 0 Å². The average Bonchev–Trinajstić information content (AvgIpc) is 3.03. The van der Waals surface area contributed by atoms with Gasteiger partial charge in [-0.25, -0.2) is 9.48 Å². The Balaban J connectivity index is 1.42. The fourth-order valence-corrected chi connectivity index (χ4v) is 4.72. The van der Waals surface area contributed by atoms with Crippen molar-refractivity contribution in [3.05, 3.63) is 57.5 Å². The third-order valence-corrected chi connectivity index (χ3v) is 6.47. The van der Waals surface area contributed by atoms with E-state index in [2.05, 4.69) is 15.5 Å². The van der Waals surface area contributed by atoms with E-state index in [1.807, 2.05) is 18.2 Å². The highest BCUT2D eigenvalue weighted by Gasteiger charge is 2.17. The molecule has 7 nitrogen and oxygen atoms in total. The molecule has 2 aromatic heterocycles. The number of halogens is 1.